The third-order valence-corrected chi connectivity index (χ3v) is 6.71. The number of benzene rings is 1. The van der Waals surface area contributed by atoms with Crippen LogP contribution in [0.1, 0.15) is 49.7 Å². The van der Waals surface area contributed by atoms with Crippen LogP contribution in [0.2, 0.25) is 0 Å². The molecule has 170 valence electrons. The number of aromatic nitrogens is 3. The second-order valence-corrected chi connectivity index (χ2v) is 9.26. The molecule has 0 aliphatic heterocycles. The fraction of sp³-hybridized carbons (Fsp3) is 0.435. The summed E-state index contributed by atoms with van der Waals surface area (Å²) < 4.78 is 45.7. The molecule has 5 nitrogen and oxygen atoms in total. The molecule has 1 fully saturated rings. The predicted octanol–water partition coefficient (Wildman–Crippen LogP) is 5.62. The van der Waals surface area contributed by atoms with E-state index in [1.54, 1.807) is 20.0 Å². The van der Waals surface area contributed by atoms with Crippen molar-refractivity contribution in [2.24, 2.45) is 5.92 Å². The zero-order chi connectivity index (χ0) is 23.3. The number of hydrogen-bond donors (Lipinski definition) is 2. The lowest BCUT2D eigenvalue weighted by Gasteiger charge is -2.34. The van der Waals surface area contributed by atoms with Crippen molar-refractivity contribution in [2.45, 2.75) is 56.2 Å². The zero-order valence-corrected chi connectivity index (χ0v) is 19.1. The van der Waals surface area contributed by atoms with E-state index in [1.165, 1.54) is 23.9 Å². The van der Waals surface area contributed by atoms with Gasteiger partial charge in [0.25, 0.3) is 0 Å². The lowest BCUT2D eigenvalue weighted by Crippen LogP contribution is -2.45. The van der Waals surface area contributed by atoms with Crippen molar-refractivity contribution in [3.8, 4) is 0 Å². The first-order valence-electron chi connectivity index (χ1n) is 10.4. The SMILES string of the molecule is CSc1cc2c(N[C@H](C)c3cccc(C(F)(F)C(C)(O)C4CC4)c3F)nc(C)nc2cn1. The Morgan fingerprint density at radius 2 is 1.97 bits per heavy atom. The Morgan fingerprint density at radius 3 is 2.62 bits per heavy atom. The van der Waals surface area contributed by atoms with E-state index in [9.17, 15) is 5.11 Å². The molecule has 2 atom stereocenters. The average molecular weight is 463 g/mol. The van der Waals surface area contributed by atoms with Crippen LogP contribution in [0, 0.1) is 18.7 Å². The van der Waals surface area contributed by atoms with Gasteiger partial charge in [-0.25, -0.2) is 19.3 Å². The molecule has 1 aromatic carbocycles. The molecule has 32 heavy (non-hydrogen) atoms. The van der Waals surface area contributed by atoms with Crippen molar-refractivity contribution < 1.29 is 18.3 Å². The van der Waals surface area contributed by atoms with Crippen LogP contribution in [-0.2, 0) is 5.92 Å². The van der Waals surface area contributed by atoms with Crippen LogP contribution in [0.15, 0.2) is 35.5 Å². The van der Waals surface area contributed by atoms with Gasteiger partial charge in [-0.15, -0.1) is 11.8 Å². The molecule has 0 saturated heterocycles. The summed E-state index contributed by atoms with van der Waals surface area (Å²) in [6.45, 7) is 4.50. The number of alkyl halides is 2. The number of hydrogen-bond acceptors (Lipinski definition) is 6. The van der Waals surface area contributed by atoms with Gasteiger partial charge in [-0.3, -0.25) is 0 Å². The summed E-state index contributed by atoms with van der Waals surface area (Å²) >= 11 is 1.47. The first-order chi connectivity index (χ1) is 15.1. The molecule has 1 aliphatic carbocycles. The highest BCUT2D eigenvalue weighted by atomic mass is 32.2. The number of pyridine rings is 1. The number of halogens is 3. The van der Waals surface area contributed by atoms with E-state index in [0.717, 1.165) is 18.0 Å². The average Bonchev–Trinajstić information content (AvgIpc) is 3.59. The van der Waals surface area contributed by atoms with Gasteiger partial charge in [0.05, 0.1) is 28.3 Å². The standard InChI is InChI=1S/C23H25F3N4OS/c1-12(28-21-16-10-19(32-4)27-11-18(16)29-13(2)30-21)15-6-5-7-17(20(15)24)23(25,26)22(3,31)14-8-9-14/h5-7,10-12,14,31H,8-9H2,1-4H3,(H,28,29,30)/t12-,22?/m1/s1. The fourth-order valence-corrected chi connectivity index (χ4v) is 4.33. The Balaban J connectivity index is 1.71. The molecule has 0 spiro atoms. The van der Waals surface area contributed by atoms with E-state index in [2.05, 4.69) is 20.3 Å². The molecule has 3 aromatic rings. The van der Waals surface area contributed by atoms with Crippen molar-refractivity contribution in [3.63, 3.8) is 0 Å². The highest BCUT2D eigenvalue weighted by Crippen LogP contribution is 2.52. The normalized spacial score (nSPS) is 17.2. The minimum Gasteiger partial charge on any atom is -0.383 e. The number of aryl methyl sites for hydroxylation is 1. The number of fused-ring (bicyclic) bond motifs is 1. The van der Waals surface area contributed by atoms with Crippen LogP contribution >= 0.6 is 11.8 Å². The number of thioether (sulfide) groups is 1. The van der Waals surface area contributed by atoms with Crippen molar-refractivity contribution in [1.82, 2.24) is 15.0 Å². The van der Waals surface area contributed by atoms with E-state index in [-0.39, 0.29) is 5.56 Å². The van der Waals surface area contributed by atoms with Crippen molar-refractivity contribution in [3.05, 3.63) is 53.2 Å². The molecule has 1 saturated carbocycles. The molecule has 0 bridgehead atoms. The summed E-state index contributed by atoms with van der Waals surface area (Å²) in [5.41, 5.74) is -2.40. The summed E-state index contributed by atoms with van der Waals surface area (Å²) in [7, 11) is 0. The molecule has 1 aliphatic rings. The van der Waals surface area contributed by atoms with Gasteiger partial charge in [-0.2, -0.15) is 8.78 Å². The molecule has 9 heteroatoms. The minimum absolute atomic E-state index is 0.0670. The Bertz CT molecular complexity index is 1170. The summed E-state index contributed by atoms with van der Waals surface area (Å²) in [6.07, 6.45) is 4.56. The topological polar surface area (TPSA) is 70.9 Å². The molecule has 0 amide bonds. The third-order valence-electron chi connectivity index (χ3n) is 6.07. The van der Waals surface area contributed by atoms with Gasteiger partial charge in [0, 0.05) is 10.9 Å². The van der Waals surface area contributed by atoms with Crippen molar-refractivity contribution >= 4 is 28.5 Å². The molecular weight excluding hydrogens is 437 g/mol. The van der Waals surface area contributed by atoms with E-state index < -0.39 is 34.9 Å². The Kier molecular flexibility index (Phi) is 5.83. The van der Waals surface area contributed by atoms with E-state index in [0.29, 0.717) is 35.4 Å². The maximum atomic E-state index is 15.4. The second kappa shape index (κ2) is 8.19. The quantitative estimate of drug-likeness (QED) is 0.444. The van der Waals surface area contributed by atoms with Gasteiger partial charge in [0.1, 0.15) is 23.1 Å². The summed E-state index contributed by atoms with van der Waals surface area (Å²) in [6, 6.07) is 5.07. The van der Waals surface area contributed by atoms with Crippen LogP contribution < -0.4 is 5.32 Å². The maximum absolute atomic E-state index is 15.4. The maximum Gasteiger partial charge on any atom is 0.304 e. The van der Waals surface area contributed by atoms with E-state index >= 15 is 13.2 Å². The molecule has 0 radical (unpaired) electrons. The molecule has 2 N–H and O–H groups in total. The van der Waals surface area contributed by atoms with Gasteiger partial charge < -0.3 is 10.4 Å². The fourth-order valence-electron chi connectivity index (χ4n) is 3.93. The first-order valence-corrected chi connectivity index (χ1v) is 11.6. The summed E-state index contributed by atoms with van der Waals surface area (Å²) in [4.78, 5) is 13.1. The smallest absolute Gasteiger partial charge is 0.304 e. The third kappa shape index (κ3) is 3.92. The summed E-state index contributed by atoms with van der Waals surface area (Å²) in [5.74, 6) is -4.30. The van der Waals surface area contributed by atoms with E-state index in [4.69, 9.17) is 0 Å². The second-order valence-electron chi connectivity index (χ2n) is 8.43. The van der Waals surface area contributed by atoms with Gasteiger partial charge in [-0.05, 0) is 57.9 Å². The van der Waals surface area contributed by atoms with Crippen LogP contribution in [0.3, 0.4) is 0 Å². The lowest BCUT2D eigenvalue weighted by atomic mass is 9.86. The molecular formula is C23H25F3N4OS. The number of nitrogens with one attached hydrogen (secondary N) is 1. The van der Waals surface area contributed by atoms with Crippen molar-refractivity contribution in [2.75, 3.05) is 11.6 Å². The molecule has 2 heterocycles. The highest BCUT2D eigenvalue weighted by molar-refractivity contribution is 7.98. The minimum atomic E-state index is -3.72. The number of anilines is 1. The van der Waals surface area contributed by atoms with Crippen molar-refractivity contribution in [1.29, 1.82) is 0 Å². The Labute approximate surface area is 188 Å². The van der Waals surface area contributed by atoms with Gasteiger partial charge in [0.2, 0.25) is 0 Å². The summed E-state index contributed by atoms with van der Waals surface area (Å²) in [5, 5.41) is 15.1. The lowest BCUT2D eigenvalue weighted by molar-refractivity contribution is -0.191. The van der Waals surface area contributed by atoms with Crippen LogP contribution in [-0.4, -0.2) is 31.9 Å². The highest BCUT2D eigenvalue weighted by Gasteiger charge is 2.59. The first kappa shape index (κ1) is 22.8. The van der Waals surface area contributed by atoms with Gasteiger partial charge in [0.15, 0.2) is 0 Å². The zero-order valence-electron chi connectivity index (χ0n) is 18.3. The Morgan fingerprint density at radius 1 is 1.25 bits per heavy atom. The molecule has 2 aromatic heterocycles. The number of aliphatic hydroxyl groups is 1. The largest absolute Gasteiger partial charge is 0.383 e. The number of rotatable bonds is 7. The van der Waals surface area contributed by atoms with Gasteiger partial charge >= 0.3 is 5.92 Å². The molecule has 1 unspecified atom stereocenters. The van der Waals surface area contributed by atoms with Crippen LogP contribution in [0.5, 0.6) is 0 Å². The monoisotopic (exact) mass is 462 g/mol. The number of nitrogens with zero attached hydrogens (tertiary/aromatic N) is 3. The van der Waals surface area contributed by atoms with Crippen LogP contribution in [0.4, 0.5) is 19.0 Å². The van der Waals surface area contributed by atoms with Crippen LogP contribution in [0.25, 0.3) is 10.9 Å². The predicted molar refractivity (Wildman–Crippen MR) is 120 cm³/mol. The van der Waals surface area contributed by atoms with Gasteiger partial charge in [-0.1, -0.05) is 12.1 Å². The molecule has 4 rings (SSSR count). The van der Waals surface area contributed by atoms with E-state index in [1.807, 2.05) is 12.3 Å². The Hall–Kier alpha value is -2.39.